The van der Waals surface area contributed by atoms with Crippen molar-refractivity contribution >= 4 is 11.6 Å². The van der Waals surface area contributed by atoms with Crippen LogP contribution in [0.3, 0.4) is 0 Å². The van der Waals surface area contributed by atoms with E-state index in [9.17, 15) is 9.18 Å². The molecular formula is C21H23FN2O2. The number of carbonyl (C=O) groups is 1. The quantitative estimate of drug-likeness (QED) is 0.847. The molecule has 2 aromatic rings. The molecule has 0 N–H and O–H groups in total. The lowest BCUT2D eigenvalue weighted by Crippen LogP contribution is -2.48. The number of likely N-dealkylation sites (N-methyl/N-ethyl adjacent to an activating group) is 1. The molecule has 0 unspecified atom stereocenters. The van der Waals surface area contributed by atoms with E-state index in [2.05, 4.69) is 24.9 Å². The molecule has 1 fully saturated rings. The predicted octanol–water partition coefficient (Wildman–Crippen LogP) is 3.35. The number of benzene rings is 2. The molecular weight excluding hydrogens is 331 g/mol. The van der Waals surface area contributed by atoms with Crippen LogP contribution in [0.4, 0.5) is 10.1 Å². The molecule has 2 atom stereocenters. The number of fused-ring (bicyclic) bond motifs is 3. The van der Waals surface area contributed by atoms with E-state index in [1.54, 1.807) is 18.2 Å². The largest absolute Gasteiger partial charge is 0.481 e. The molecule has 0 aromatic heterocycles. The number of anilines is 1. The van der Waals surface area contributed by atoms with Gasteiger partial charge in [-0.3, -0.25) is 4.79 Å². The first-order valence-corrected chi connectivity index (χ1v) is 9.03. The van der Waals surface area contributed by atoms with Crippen molar-refractivity contribution in [3.63, 3.8) is 0 Å². The number of likely N-dealkylation sites (tertiary alicyclic amines) is 1. The fourth-order valence-corrected chi connectivity index (χ4v) is 4.18. The zero-order chi connectivity index (χ0) is 18.3. The monoisotopic (exact) mass is 354 g/mol. The minimum absolute atomic E-state index is 0.115. The summed E-state index contributed by atoms with van der Waals surface area (Å²) in [6, 6.07) is 12.6. The van der Waals surface area contributed by atoms with Crippen LogP contribution in [0.2, 0.25) is 0 Å². The Labute approximate surface area is 153 Å². The number of hydrogen-bond donors (Lipinski definition) is 0. The van der Waals surface area contributed by atoms with Gasteiger partial charge in [0.05, 0.1) is 0 Å². The molecule has 2 aliphatic heterocycles. The summed E-state index contributed by atoms with van der Waals surface area (Å²) in [5.74, 6) is -0.129. The molecule has 0 aliphatic carbocycles. The van der Waals surface area contributed by atoms with Crippen molar-refractivity contribution in [2.24, 2.45) is 0 Å². The van der Waals surface area contributed by atoms with Crippen LogP contribution >= 0.6 is 0 Å². The van der Waals surface area contributed by atoms with E-state index in [4.69, 9.17) is 4.74 Å². The molecule has 26 heavy (non-hydrogen) atoms. The van der Waals surface area contributed by atoms with E-state index in [0.29, 0.717) is 5.92 Å². The highest BCUT2D eigenvalue weighted by Gasteiger charge is 2.43. The maximum absolute atomic E-state index is 13.8. The second kappa shape index (κ2) is 6.72. The lowest BCUT2D eigenvalue weighted by molar-refractivity contribution is -0.121. The Bertz CT molecular complexity index is 839. The van der Waals surface area contributed by atoms with Crippen LogP contribution in [0.1, 0.15) is 23.5 Å². The maximum Gasteiger partial charge on any atom is 0.265 e. The number of amides is 1. The summed E-state index contributed by atoms with van der Waals surface area (Å²) >= 11 is 0. The van der Waals surface area contributed by atoms with Crippen LogP contribution < -0.4 is 9.64 Å². The molecule has 2 aliphatic rings. The Hall–Kier alpha value is -2.40. The van der Waals surface area contributed by atoms with Gasteiger partial charge in [0.2, 0.25) is 0 Å². The second-order valence-electron chi connectivity index (χ2n) is 7.27. The summed E-state index contributed by atoms with van der Waals surface area (Å²) in [7, 11) is 2.12. The Morgan fingerprint density at radius 1 is 1.27 bits per heavy atom. The molecule has 0 radical (unpaired) electrons. The zero-order valence-electron chi connectivity index (χ0n) is 15.1. The van der Waals surface area contributed by atoms with Gasteiger partial charge in [-0.25, -0.2) is 4.39 Å². The third-order valence-electron chi connectivity index (χ3n) is 5.41. The molecule has 1 saturated heterocycles. The van der Waals surface area contributed by atoms with Gasteiger partial charge in [0.1, 0.15) is 0 Å². The molecule has 0 bridgehead atoms. The van der Waals surface area contributed by atoms with Crippen LogP contribution in [0.25, 0.3) is 0 Å². The lowest BCUT2D eigenvalue weighted by atomic mass is 9.89. The highest BCUT2D eigenvalue weighted by atomic mass is 19.1. The predicted molar refractivity (Wildman–Crippen MR) is 99.2 cm³/mol. The number of aryl methyl sites for hydroxylation is 1. The molecule has 136 valence electrons. The fraction of sp³-hybridized carbons (Fsp3) is 0.381. The Balaban J connectivity index is 1.59. The molecule has 4 rings (SSSR count). The first-order chi connectivity index (χ1) is 12.5. The van der Waals surface area contributed by atoms with Crippen LogP contribution in [0.5, 0.6) is 5.75 Å². The molecule has 2 heterocycles. The summed E-state index contributed by atoms with van der Waals surface area (Å²) < 4.78 is 19.2. The first kappa shape index (κ1) is 17.0. The highest BCUT2D eigenvalue weighted by molar-refractivity contribution is 5.98. The van der Waals surface area contributed by atoms with Crippen LogP contribution in [-0.4, -0.2) is 43.6 Å². The van der Waals surface area contributed by atoms with E-state index in [1.165, 1.54) is 17.2 Å². The van der Waals surface area contributed by atoms with Crippen molar-refractivity contribution in [1.82, 2.24) is 4.90 Å². The molecule has 0 saturated carbocycles. The summed E-state index contributed by atoms with van der Waals surface area (Å²) in [6.07, 6.45) is 0.931. The van der Waals surface area contributed by atoms with Crippen molar-refractivity contribution in [2.45, 2.75) is 25.3 Å². The number of carbonyl (C=O) groups excluding carboxylic acids is 1. The van der Waals surface area contributed by atoms with Crippen molar-refractivity contribution in [3.8, 4) is 5.75 Å². The highest BCUT2D eigenvalue weighted by Crippen LogP contribution is 2.44. The molecule has 5 heteroatoms. The Morgan fingerprint density at radius 2 is 2.08 bits per heavy atom. The van der Waals surface area contributed by atoms with Gasteiger partial charge >= 0.3 is 0 Å². The van der Waals surface area contributed by atoms with Gasteiger partial charge in [0.25, 0.3) is 5.91 Å². The zero-order valence-corrected chi connectivity index (χ0v) is 15.1. The number of hydrogen-bond acceptors (Lipinski definition) is 3. The van der Waals surface area contributed by atoms with Crippen LogP contribution in [0.15, 0.2) is 42.5 Å². The van der Waals surface area contributed by atoms with Crippen molar-refractivity contribution in [1.29, 1.82) is 0 Å². The van der Waals surface area contributed by atoms with Gasteiger partial charge in [0, 0.05) is 24.2 Å². The van der Waals surface area contributed by atoms with Gasteiger partial charge in [-0.05, 0) is 50.7 Å². The van der Waals surface area contributed by atoms with E-state index in [0.717, 1.165) is 25.2 Å². The third kappa shape index (κ3) is 2.97. The van der Waals surface area contributed by atoms with E-state index < -0.39 is 5.82 Å². The number of ether oxygens (including phenoxy) is 1. The summed E-state index contributed by atoms with van der Waals surface area (Å²) in [6.45, 7) is 3.83. The molecule has 0 spiro atoms. The van der Waals surface area contributed by atoms with Gasteiger partial charge < -0.3 is 14.5 Å². The van der Waals surface area contributed by atoms with Gasteiger partial charge in [-0.2, -0.15) is 0 Å². The molecule has 2 aromatic carbocycles. The summed E-state index contributed by atoms with van der Waals surface area (Å²) in [4.78, 5) is 17.2. The van der Waals surface area contributed by atoms with E-state index >= 15 is 0 Å². The number of para-hydroxylation sites is 1. The topological polar surface area (TPSA) is 32.8 Å². The fourth-order valence-electron chi connectivity index (χ4n) is 4.18. The number of nitrogens with zero attached hydrogens (tertiary/aromatic N) is 2. The second-order valence-corrected chi connectivity index (χ2v) is 7.27. The van der Waals surface area contributed by atoms with Crippen molar-refractivity contribution in [3.05, 3.63) is 59.4 Å². The molecule has 4 nitrogen and oxygen atoms in total. The summed E-state index contributed by atoms with van der Waals surface area (Å²) in [5.41, 5.74) is 3.41. The Morgan fingerprint density at radius 3 is 2.88 bits per heavy atom. The van der Waals surface area contributed by atoms with Crippen molar-refractivity contribution in [2.75, 3.05) is 31.6 Å². The number of rotatable bonds is 3. The minimum Gasteiger partial charge on any atom is -0.481 e. The van der Waals surface area contributed by atoms with Gasteiger partial charge in [-0.15, -0.1) is 0 Å². The van der Waals surface area contributed by atoms with E-state index in [-0.39, 0.29) is 24.3 Å². The number of halogens is 1. The maximum atomic E-state index is 13.8. The first-order valence-electron chi connectivity index (χ1n) is 9.03. The van der Waals surface area contributed by atoms with Crippen LogP contribution in [0, 0.1) is 12.7 Å². The third-order valence-corrected chi connectivity index (χ3v) is 5.41. The standard InChI is InChI=1S/C21H23FN2O2/c1-14-7-8-18-15(11-14)16-12-23(2)10-9-19(16)24(18)21(25)13-26-20-6-4-3-5-17(20)22/h3-8,11,16,19H,9-10,12-13H2,1-2H3/t16-,19-/m1/s1. The average molecular weight is 354 g/mol. The van der Waals surface area contributed by atoms with Gasteiger partial charge in [-0.1, -0.05) is 29.8 Å². The van der Waals surface area contributed by atoms with Gasteiger partial charge in [0.15, 0.2) is 18.2 Å². The SMILES string of the molecule is Cc1ccc2c(c1)[C@H]1CN(C)CC[C@H]1N2C(=O)COc1ccccc1F. The normalized spacial score (nSPS) is 22.0. The Kier molecular flexibility index (Phi) is 4.41. The number of piperidine rings is 1. The van der Waals surface area contributed by atoms with Crippen LogP contribution in [-0.2, 0) is 4.79 Å². The van der Waals surface area contributed by atoms with E-state index in [1.807, 2.05) is 17.0 Å². The molecule has 1 amide bonds. The smallest absolute Gasteiger partial charge is 0.265 e. The lowest BCUT2D eigenvalue weighted by Gasteiger charge is -2.36. The average Bonchev–Trinajstić information content (AvgIpc) is 2.94. The summed E-state index contributed by atoms with van der Waals surface area (Å²) in [5, 5.41) is 0. The minimum atomic E-state index is -0.449. The van der Waals surface area contributed by atoms with Crippen molar-refractivity contribution < 1.29 is 13.9 Å².